The van der Waals surface area contributed by atoms with Gasteiger partial charge in [0.25, 0.3) is 0 Å². The van der Waals surface area contributed by atoms with Crippen molar-refractivity contribution >= 4 is 41.5 Å². The first-order chi connectivity index (χ1) is 10.9. The molecule has 24 heavy (non-hydrogen) atoms. The Hall–Kier alpha value is -0.530. The van der Waals surface area contributed by atoms with Gasteiger partial charge in [-0.25, -0.2) is 0 Å². The van der Waals surface area contributed by atoms with Crippen LogP contribution < -0.4 is 5.32 Å². The highest BCUT2D eigenvalue weighted by Crippen LogP contribution is 2.52. The zero-order chi connectivity index (χ0) is 16.6. The number of hydrogen-bond acceptors (Lipinski definition) is 2. The molecule has 1 aliphatic heterocycles. The molecule has 134 valence electrons. The highest BCUT2D eigenvalue weighted by molar-refractivity contribution is 14.0. The van der Waals surface area contributed by atoms with Gasteiger partial charge in [0.05, 0.1) is 6.10 Å². The number of ether oxygens (including phenoxy) is 1. The van der Waals surface area contributed by atoms with Crippen molar-refractivity contribution in [1.29, 1.82) is 0 Å². The quantitative estimate of drug-likeness (QED) is 0.421. The van der Waals surface area contributed by atoms with Gasteiger partial charge in [-0.15, -0.1) is 24.0 Å². The van der Waals surface area contributed by atoms with Crippen molar-refractivity contribution in [2.75, 3.05) is 20.7 Å². The number of guanidine groups is 1. The van der Waals surface area contributed by atoms with E-state index in [1.807, 2.05) is 19.2 Å². The maximum absolute atomic E-state index is 5.95. The lowest BCUT2D eigenvalue weighted by Crippen LogP contribution is -2.67. The van der Waals surface area contributed by atoms with E-state index in [2.05, 4.69) is 48.2 Å². The lowest BCUT2D eigenvalue weighted by Gasteiger charge is -2.55. The van der Waals surface area contributed by atoms with E-state index in [-0.39, 0.29) is 29.4 Å². The molecule has 1 aromatic rings. The molecule has 3 unspecified atom stereocenters. The van der Waals surface area contributed by atoms with E-state index in [1.165, 1.54) is 5.56 Å². The summed E-state index contributed by atoms with van der Waals surface area (Å²) in [6.07, 6.45) is 1.53. The van der Waals surface area contributed by atoms with Crippen molar-refractivity contribution in [2.24, 2.45) is 16.3 Å². The fourth-order valence-electron chi connectivity index (χ4n) is 4.04. The molecule has 2 fully saturated rings. The van der Waals surface area contributed by atoms with Crippen LogP contribution in [0.2, 0.25) is 5.02 Å². The standard InChI is InChI=1S/C18H26ClN3O.HI/c1-18(2)15(14-9-10-23-16(14)18)21-17(20-3)22(4)11-12-5-7-13(19)8-6-12;/h5-8,14-16H,9-11H2,1-4H3,(H,20,21);1H. The van der Waals surface area contributed by atoms with Crippen LogP contribution in [0.25, 0.3) is 0 Å². The summed E-state index contributed by atoms with van der Waals surface area (Å²) < 4.78 is 5.87. The Balaban J connectivity index is 0.00000208. The fraction of sp³-hybridized carbons (Fsp3) is 0.611. The first-order valence-electron chi connectivity index (χ1n) is 8.24. The predicted molar refractivity (Wildman–Crippen MR) is 110 cm³/mol. The highest BCUT2D eigenvalue weighted by atomic mass is 127. The number of fused-ring (bicyclic) bond motifs is 1. The Bertz CT molecular complexity index is 590. The number of nitrogens with one attached hydrogen (secondary N) is 1. The Kier molecular flexibility index (Phi) is 6.42. The molecule has 1 aromatic carbocycles. The normalized spacial score (nSPS) is 27.7. The summed E-state index contributed by atoms with van der Waals surface area (Å²) in [6, 6.07) is 8.38. The van der Waals surface area contributed by atoms with Crippen LogP contribution in [0, 0.1) is 11.3 Å². The van der Waals surface area contributed by atoms with E-state index in [0.29, 0.717) is 18.1 Å². The van der Waals surface area contributed by atoms with Crippen molar-refractivity contribution in [1.82, 2.24) is 10.2 Å². The second-order valence-corrected chi connectivity index (χ2v) is 7.65. The molecule has 3 rings (SSSR count). The van der Waals surface area contributed by atoms with Crippen molar-refractivity contribution in [2.45, 2.75) is 39.0 Å². The summed E-state index contributed by atoms with van der Waals surface area (Å²) >= 11 is 5.95. The molecule has 1 N–H and O–H groups in total. The number of aliphatic imine (C=N–C) groups is 1. The van der Waals surface area contributed by atoms with Crippen LogP contribution in [-0.2, 0) is 11.3 Å². The molecule has 0 bridgehead atoms. The number of halogens is 2. The van der Waals surface area contributed by atoms with Crippen LogP contribution in [0.4, 0.5) is 0 Å². The lowest BCUT2D eigenvalue weighted by atomic mass is 9.57. The Morgan fingerprint density at radius 3 is 2.67 bits per heavy atom. The summed E-state index contributed by atoms with van der Waals surface area (Å²) in [5.74, 6) is 1.54. The number of rotatable bonds is 3. The first kappa shape index (κ1) is 19.8. The predicted octanol–water partition coefficient (Wildman–Crippen LogP) is 3.78. The van der Waals surface area contributed by atoms with Crippen LogP contribution in [-0.4, -0.2) is 43.7 Å². The Morgan fingerprint density at radius 2 is 2.04 bits per heavy atom. The molecule has 1 heterocycles. The molecule has 4 nitrogen and oxygen atoms in total. The van der Waals surface area contributed by atoms with E-state index in [0.717, 1.165) is 30.6 Å². The van der Waals surface area contributed by atoms with Crippen LogP contribution in [0.15, 0.2) is 29.3 Å². The third-order valence-electron chi connectivity index (χ3n) is 5.29. The largest absolute Gasteiger partial charge is 0.377 e. The van der Waals surface area contributed by atoms with Gasteiger partial charge in [-0.05, 0) is 24.1 Å². The summed E-state index contributed by atoms with van der Waals surface area (Å²) in [5, 5.41) is 4.43. The molecule has 0 radical (unpaired) electrons. The molecule has 1 aliphatic carbocycles. The maximum Gasteiger partial charge on any atom is 0.193 e. The third-order valence-corrected chi connectivity index (χ3v) is 5.54. The van der Waals surface area contributed by atoms with Gasteiger partial charge in [0.1, 0.15) is 0 Å². The lowest BCUT2D eigenvalue weighted by molar-refractivity contribution is -0.107. The average molecular weight is 464 g/mol. The molecule has 3 atom stereocenters. The second-order valence-electron chi connectivity index (χ2n) is 7.22. The molecular weight excluding hydrogens is 437 g/mol. The van der Waals surface area contributed by atoms with Crippen molar-refractivity contribution in [3.8, 4) is 0 Å². The minimum atomic E-state index is 0. The molecule has 2 aliphatic rings. The summed E-state index contributed by atoms with van der Waals surface area (Å²) in [4.78, 5) is 6.62. The number of benzene rings is 1. The second kappa shape index (κ2) is 7.79. The highest BCUT2D eigenvalue weighted by Gasteiger charge is 2.59. The maximum atomic E-state index is 5.95. The van der Waals surface area contributed by atoms with Gasteiger partial charge in [-0.3, -0.25) is 4.99 Å². The smallest absolute Gasteiger partial charge is 0.193 e. The van der Waals surface area contributed by atoms with Gasteiger partial charge in [0, 0.05) is 49.6 Å². The number of hydrogen-bond donors (Lipinski definition) is 1. The molecule has 6 heteroatoms. The minimum Gasteiger partial charge on any atom is -0.377 e. The minimum absolute atomic E-state index is 0. The first-order valence-corrected chi connectivity index (χ1v) is 8.62. The monoisotopic (exact) mass is 463 g/mol. The van der Waals surface area contributed by atoms with Gasteiger partial charge in [-0.1, -0.05) is 37.6 Å². The molecule has 1 saturated carbocycles. The summed E-state index contributed by atoms with van der Waals surface area (Å²) in [6.45, 7) is 6.25. The van der Waals surface area contributed by atoms with E-state index in [4.69, 9.17) is 16.3 Å². The third kappa shape index (κ3) is 3.68. The topological polar surface area (TPSA) is 36.9 Å². The van der Waals surface area contributed by atoms with E-state index in [1.54, 1.807) is 0 Å². The van der Waals surface area contributed by atoms with Crippen molar-refractivity contribution < 1.29 is 4.74 Å². The fourth-order valence-corrected chi connectivity index (χ4v) is 4.17. The van der Waals surface area contributed by atoms with E-state index < -0.39 is 0 Å². The molecule has 0 spiro atoms. The van der Waals surface area contributed by atoms with E-state index >= 15 is 0 Å². The van der Waals surface area contributed by atoms with Crippen LogP contribution in [0.1, 0.15) is 25.8 Å². The van der Waals surface area contributed by atoms with Crippen LogP contribution in [0.5, 0.6) is 0 Å². The van der Waals surface area contributed by atoms with Gasteiger partial charge < -0.3 is 15.0 Å². The molecule has 1 saturated heterocycles. The van der Waals surface area contributed by atoms with Crippen molar-refractivity contribution in [3.63, 3.8) is 0 Å². The molecular formula is C18H27ClIN3O. The van der Waals surface area contributed by atoms with Gasteiger partial charge in [-0.2, -0.15) is 0 Å². The zero-order valence-electron chi connectivity index (χ0n) is 14.8. The van der Waals surface area contributed by atoms with Crippen molar-refractivity contribution in [3.05, 3.63) is 34.9 Å². The zero-order valence-corrected chi connectivity index (χ0v) is 17.8. The van der Waals surface area contributed by atoms with Crippen LogP contribution >= 0.6 is 35.6 Å². The Labute approximate surface area is 167 Å². The summed E-state index contributed by atoms with van der Waals surface area (Å²) in [5.41, 5.74) is 1.37. The Morgan fingerprint density at radius 1 is 1.38 bits per heavy atom. The van der Waals surface area contributed by atoms with Crippen LogP contribution in [0.3, 0.4) is 0 Å². The molecule has 0 aromatic heterocycles. The van der Waals surface area contributed by atoms with Gasteiger partial charge in [0.2, 0.25) is 0 Å². The SMILES string of the molecule is CN=C(NC1C2CCOC2C1(C)C)N(C)Cc1ccc(Cl)cc1.I. The molecule has 0 amide bonds. The average Bonchev–Trinajstić information content (AvgIpc) is 2.97. The van der Waals surface area contributed by atoms with E-state index in [9.17, 15) is 0 Å². The van der Waals surface area contributed by atoms with Gasteiger partial charge in [0.15, 0.2) is 5.96 Å². The number of nitrogens with zero attached hydrogens (tertiary/aromatic N) is 2. The summed E-state index contributed by atoms with van der Waals surface area (Å²) in [7, 11) is 3.91. The van der Waals surface area contributed by atoms with Gasteiger partial charge >= 0.3 is 0 Å².